The topological polar surface area (TPSA) is 32.3 Å². The lowest BCUT2D eigenvalue weighted by atomic mass is 9.99. The molecule has 0 aromatic rings. The molecule has 1 unspecified atom stereocenters. The molecule has 1 aliphatic rings. The number of nitrogens with one attached hydrogen (secondary N) is 1. The third kappa shape index (κ3) is 3.55. The molecule has 1 saturated carbocycles. The summed E-state index contributed by atoms with van der Waals surface area (Å²) in [6.45, 7) is 5.08. The average molecular weight is 171 g/mol. The number of rotatable bonds is 6. The number of hydrogen-bond donors (Lipinski definition) is 2. The molecule has 0 radical (unpaired) electrons. The Hall–Kier alpha value is -0.0800. The molecule has 1 fully saturated rings. The Morgan fingerprint density at radius 3 is 2.67 bits per heavy atom. The molecule has 2 nitrogen and oxygen atoms in total. The second-order valence-corrected chi connectivity index (χ2v) is 4.02. The zero-order valence-corrected chi connectivity index (χ0v) is 8.21. The summed E-state index contributed by atoms with van der Waals surface area (Å²) in [7, 11) is 0. The van der Waals surface area contributed by atoms with Gasteiger partial charge in [0, 0.05) is 12.6 Å². The molecule has 0 aromatic heterocycles. The van der Waals surface area contributed by atoms with Gasteiger partial charge in [-0.15, -0.1) is 0 Å². The van der Waals surface area contributed by atoms with Gasteiger partial charge in [0.1, 0.15) is 0 Å². The molecule has 0 bridgehead atoms. The first-order valence-electron chi connectivity index (χ1n) is 5.15. The van der Waals surface area contributed by atoms with Crippen LogP contribution in [0.5, 0.6) is 0 Å². The molecule has 72 valence electrons. The quantitative estimate of drug-likeness (QED) is 0.635. The van der Waals surface area contributed by atoms with Gasteiger partial charge in [-0.3, -0.25) is 0 Å². The minimum atomic E-state index is -0.148. The molecule has 1 rings (SSSR count). The monoisotopic (exact) mass is 171 g/mol. The second kappa shape index (κ2) is 4.83. The largest absolute Gasteiger partial charge is 0.392 e. The summed E-state index contributed by atoms with van der Waals surface area (Å²) in [6.07, 6.45) is 4.75. The molecule has 0 saturated heterocycles. The van der Waals surface area contributed by atoms with E-state index < -0.39 is 0 Å². The Balaban J connectivity index is 2.03. The maximum Gasteiger partial charge on any atom is 0.0690 e. The second-order valence-electron chi connectivity index (χ2n) is 4.02. The molecule has 2 heteroatoms. The van der Waals surface area contributed by atoms with Gasteiger partial charge in [0.2, 0.25) is 0 Å². The van der Waals surface area contributed by atoms with Crippen molar-refractivity contribution in [3.63, 3.8) is 0 Å². The molecule has 1 aliphatic carbocycles. The summed E-state index contributed by atoms with van der Waals surface area (Å²) in [5, 5.41) is 13.0. The molecule has 12 heavy (non-hydrogen) atoms. The van der Waals surface area contributed by atoms with Gasteiger partial charge in [-0.2, -0.15) is 0 Å². The molecular formula is C10H21NO. The molecule has 2 atom stereocenters. The van der Waals surface area contributed by atoms with Crippen LogP contribution in [-0.4, -0.2) is 23.8 Å². The lowest BCUT2D eigenvalue weighted by Crippen LogP contribution is -2.32. The zero-order valence-electron chi connectivity index (χ0n) is 8.21. The summed E-state index contributed by atoms with van der Waals surface area (Å²) < 4.78 is 0. The first-order chi connectivity index (χ1) is 5.74. The van der Waals surface area contributed by atoms with E-state index in [0.29, 0.717) is 12.0 Å². The molecule has 0 spiro atoms. The number of aliphatic hydroxyl groups excluding tert-OH is 1. The van der Waals surface area contributed by atoms with Gasteiger partial charge in [0.15, 0.2) is 0 Å². The average Bonchev–Trinajstić information content (AvgIpc) is 2.83. The van der Waals surface area contributed by atoms with Crippen molar-refractivity contribution in [3.05, 3.63) is 0 Å². The maximum atomic E-state index is 9.66. The van der Waals surface area contributed by atoms with Crippen molar-refractivity contribution >= 4 is 0 Å². The fraction of sp³-hybridized carbons (Fsp3) is 1.00. The first-order valence-corrected chi connectivity index (χ1v) is 5.15. The van der Waals surface area contributed by atoms with Crippen LogP contribution in [0.25, 0.3) is 0 Å². The van der Waals surface area contributed by atoms with Crippen LogP contribution in [0.15, 0.2) is 0 Å². The lowest BCUT2D eigenvalue weighted by Gasteiger charge is -2.18. The molecule has 0 amide bonds. The van der Waals surface area contributed by atoms with Gasteiger partial charge in [-0.1, -0.05) is 20.3 Å². The Morgan fingerprint density at radius 1 is 1.50 bits per heavy atom. The SMILES string of the molecule is CCC[C@H](C)C(O)CNC1CC1. The summed E-state index contributed by atoms with van der Waals surface area (Å²) in [5.74, 6) is 0.446. The van der Waals surface area contributed by atoms with Crippen molar-refractivity contribution in [1.82, 2.24) is 5.32 Å². The number of aliphatic hydroxyl groups is 1. The van der Waals surface area contributed by atoms with Crippen LogP contribution in [0.3, 0.4) is 0 Å². The molecule has 0 aliphatic heterocycles. The van der Waals surface area contributed by atoms with Gasteiger partial charge in [0.25, 0.3) is 0 Å². The van der Waals surface area contributed by atoms with E-state index in [9.17, 15) is 5.11 Å². The van der Waals surface area contributed by atoms with E-state index in [-0.39, 0.29) is 6.10 Å². The highest BCUT2D eigenvalue weighted by Crippen LogP contribution is 2.19. The molecular weight excluding hydrogens is 150 g/mol. The van der Waals surface area contributed by atoms with E-state index in [4.69, 9.17) is 0 Å². The van der Waals surface area contributed by atoms with Crippen LogP contribution in [0.2, 0.25) is 0 Å². The van der Waals surface area contributed by atoms with Gasteiger partial charge in [-0.05, 0) is 25.2 Å². The van der Waals surface area contributed by atoms with E-state index >= 15 is 0 Å². The summed E-state index contributed by atoms with van der Waals surface area (Å²) in [5.41, 5.74) is 0. The standard InChI is InChI=1S/C10H21NO/c1-3-4-8(2)10(12)7-11-9-5-6-9/h8-12H,3-7H2,1-2H3/t8-,10?/m0/s1. The highest BCUT2D eigenvalue weighted by atomic mass is 16.3. The summed E-state index contributed by atoms with van der Waals surface area (Å²) >= 11 is 0. The van der Waals surface area contributed by atoms with E-state index in [0.717, 1.165) is 13.0 Å². The van der Waals surface area contributed by atoms with Crippen molar-refractivity contribution in [2.45, 2.75) is 51.7 Å². The van der Waals surface area contributed by atoms with Crippen LogP contribution in [0, 0.1) is 5.92 Å². The predicted octanol–water partition coefficient (Wildman–Crippen LogP) is 1.54. The van der Waals surface area contributed by atoms with Crippen LogP contribution >= 0.6 is 0 Å². The van der Waals surface area contributed by atoms with E-state index in [2.05, 4.69) is 19.2 Å². The zero-order chi connectivity index (χ0) is 8.97. The normalized spacial score (nSPS) is 22.2. The van der Waals surface area contributed by atoms with Crippen molar-refractivity contribution in [3.8, 4) is 0 Å². The fourth-order valence-corrected chi connectivity index (χ4v) is 1.42. The minimum absolute atomic E-state index is 0.148. The third-order valence-corrected chi connectivity index (χ3v) is 2.59. The Morgan fingerprint density at radius 2 is 2.17 bits per heavy atom. The van der Waals surface area contributed by atoms with Gasteiger partial charge in [-0.25, -0.2) is 0 Å². The minimum Gasteiger partial charge on any atom is -0.392 e. The Kier molecular flexibility index (Phi) is 4.02. The lowest BCUT2D eigenvalue weighted by molar-refractivity contribution is 0.109. The van der Waals surface area contributed by atoms with Crippen LogP contribution in [-0.2, 0) is 0 Å². The van der Waals surface area contributed by atoms with E-state index in [1.54, 1.807) is 0 Å². The smallest absolute Gasteiger partial charge is 0.0690 e. The van der Waals surface area contributed by atoms with Crippen LogP contribution < -0.4 is 5.32 Å². The van der Waals surface area contributed by atoms with Gasteiger partial charge < -0.3 is 10.4 Å². The summed E-state index contributed by atoms with van der Waals surface area (Å²) in [4.78, 5) is 0. The van der Waals surface area contributed by atoms with Gasteiger partial charge in [0.05, 0.1) is 6.10 Å². The third-order valence-electron chi connectivity index (χ3n) is 2.59. The van der Waals surface area contributed by atoms with Crippen molar-refractivity contribution in [2.75, 3.05) is 6.54 Å². The number of hydrogen-bond acceptors (Lipinski definition) is 2. The van der Waals surface area contributed by atoms with Crippen LogP contribution in [0.4, 0.5) is 0 Å². The van der Waals surface area contributed by atoms with Crippen molar-refractivity contribution < 1.29 is 5.11 Å². The van der Waals surface area contributed by atoms with E-state index in [1.807, 2.05) is 0 Å². The fourth-order valence-electron chi connectivity index (χ4n) is 1.42. The first kappa shape index (κ1) is 10.0. The highest BCUT2D eigenvalue weighted by Gasteiger charge is 2.22. The van der Waals surface area contributed by atoms with E-state index in [1.165, 1.54) is 19.3 Å². The highest BCUT2D eigenvalue weighted by molar-refractivity contribution is 4.82. The Bertz CT molecular complexity index is 123. The summed E-state index contributed by atoms with van der Waals surface area (Å²) in [6, 6.07) is 0.716. The van der Waals surface area contributed by atoms with Crippen molar-refractivity contribution in [1.29, 1.82) is 0 Å². The Labute approximate surface area is 75.4 Å². The van der Waals surface area contributed by atoms with Crippen LogP contribution in [0.1, 0.15) is 39.5 Å². The molecule has 2 N–H and O–H groups in total. The molecule has 0 aromatic carbocycles. The maximum absolute atomic E-state index is 9.66. The predicted molar refractivity (Wildman–Crippen MR) is 51.1 cm³/mol. The van der Waals surface area contributed by atoms with Crippen molar-refractivity contribution in [2.24, 2.45) is 5.92 Å². The molecule has 0 heterocycles. The van der Waals surface area contributed by atoms with Gasteiger partial charge >= 0.3 is 0 Å².